The highest BCUT2D eigenvalue weighted by Gasteiger charge is 2.17. The molecule has 0 aliphatic rings. The van der Waals surface area contributed by atoms with Gasteiger partial charge < -0.3 is 5.32 Å². The Morgan fingerprint density at radius 1 is 1.20 bits per heavy atom. The van der Waals surface area contributed by atoms with E-state index < -0.39 is 10.0 Å². The second kappa shape index (κ2) is 5.64. The lowest BCUT2D eigenvalue weighted by Gasteiger charge is -2.10. The fraction of sp³-hybridized carbons (Fsp3) is 0.167. The highest BCUT2D eigenvalue weighted by atomic mass is 35.5. The summed E-state index contributed by atoms with van der Waals surface area (Å²) < 4.78 is 26.8. The quantitative estimate of drug-likeness (QED) is 0.905. The van der Waals surface area contributed by atoms with Crippen LogP contribution in [-0.4, -0.2) is 25.4 Å². The molecule has 1 aromatic heterocycles. The lowest BCUT2D eigenvalue weighted by atomic mass is 10.2. The van der Waals surface area contributed by atoms with Crippen LogP contribution in [0.3, 0.4) is 0 Å². The maximum atomic E-state index is 12.2. The van der Waals surface area contributed by atoms with Crippen molar-refractivity contribution in [2.75, 3.05) is 17.1 Å². The zero-order valence-electron chi connectivity index (χ0n) is 10.9. The van der Waals surface area contributed by atoms with Crippen LogP contribution in [-0.2, 0) is 10.0 Å². The molecular weight excluding hydrogens is 300 g/mol. The number of benzene rings is 1. The number of rotatable bonds is 4. The Bertz CT molecular complexity index is 717. The van der Waals surface area contributed by atoms with E-state index >= 15 is 0 Å². The second-order valence-electron chi connectivity index (χ2n) is 4.08. The fourth-order valence-corrected chi connectivity index (χ4v) is 2.69. The average molecular weight is 313 g/mol. The lowest BCUT2D eigenvalue weighted by molar-refractivity contribution is 0.600. The highest BCUT2D eigenvalue weighted by molar-refractivity contribution is 7.92. The van der Waals surface area contributed by atoms with E-state index in [1.54, 1.807) is 25.2 Å². The molecule has 20 heavy (non-hydrogen) atoms. The van der Waals surface area contributed by atoms with Crippen LogP contribution in [0.5, 0.6) is 0 Å². The predicted molar refractivity (Wildman–Crippen MR) is 78.6 cm³/mol. The second-order valence-corrected chi connectivity index (χ2v) is 6.17. The molecule has 0 radical (unpaired) electrons. The Morgan fingerprint density at radius 3 is 2.45 bits per heavy atom. The van der Waals surface area contributed by atoms with Crippen molar-refractivity contribution in [2.24, 2.45) is 0 Å². The number of nitrogens with zero attached hydrogens (tertiary/aromatic N) is 2. The van der Waals surface area contributed by atoms with Crippen LogP contribution in [0.2, 0.25) is 5.02 Å². The van der Waals surface area contributed by atoms with Crippen LogP contribution >= 0.6 is 11.6 Å². The standard InChI is InChI=1S/C12H13ClN4O2S/c1-8-3-4-10(13)11(5-8)17-20(18,19)9-6-15-12(14-2)16-7-9/h3-7,17H,1-2H3,(H,14,15,16). The Balaban J connectivity index is 2.32. The van der Waals surface area contributed by atoms with Gasteiger partial charge in [-0.2, -0.15) is 0 Å². The summed E-state index contributed by atoms with van der Waals surface area (Å²) in [7, 11) is -2.12. The summed E-state index contributed by atoms with van der Waals surface area (Å²) in [5.74, 6) is 0.345. The zero-order valence-corrected chi connectivity index (χ0v) is 12.5. The number of nitrogens with one attached hydrogen (secondary N) is 2. The van der Waals surface area contributed by atoms with E-state index in [9.17, 15) is 8.42 Å². The van der Waals surface area contributed by atoms with Crippen LogP contribution in [0.25, 0.3) is 0 Å². The maximum absolute atomic E-state index is 12.2. The third-order valence-corrected chi connectivity index (χ3v) is 4.18. The largest absolute Gasteiger partial charge is 0.357 e. The van der Waals surface area contributed by atoms with Gasteiger partial charge in [0, 0.05) is 7.05 Å². The predicted octanol–water partition coefficient (Wildman–Crippen LogP) is 2.28. The molecule has 8 heteroatoms. The van der Waals surface area contributed by atoms with Crippen molar-refractivity contribution in [3.05, 3.63) is 41.2 Å². The summed E-state index contributed by atoms with van der Waals surface area (Å²) in [4.78, 5) is 7.71. The summed E-state index contributed by atoms with van der Waals surface area (Å²) >= 11 is 5.97. The minimum Gasteiger partial charge on any atom is -0.357 e. The van der Waals surface area contributed by atoms with Crippen molar-refractivity contribution in [2.45, 2.75) is 11.8 Å². The molecule has 0 saturated carbocycles. The van der Waals surface area contributed by atoms with E-state index in [4.69, 9.17) is 11.6 Å². The molecule has 0 aliphatic heterocycles. The first kappa shape index (κ1) is 14.5. The van der Waals surface area contributed by atoms with Gasteiger partial charge in [0.2, 0.25) is 5.95 Å². The average Bonchev–Trinajstić information content (AvgIpc) is 2.43. The molecule has 0 amide bonds. The smallest absolute Gasteiger partial charge is 0.265 e. The van der Waals surface area contributed by atoms with E-state index in [2.05, 4.69) is 20.0 Å². The van der Waals surface area contributed by atoms with Crippen molar-refractivity contribution >= 4 is 33.3 Å². The van der Waals surface area contributed by atoms with Gasteiger partial charge in [-0.25, -0.2) is 18.4 Å². The van der Waals surface area contributed by atoms with Crippen molar-refractivity contribution in [3.8, 4) is 0 Å². The summed E-state index contributed by atoms with van der Waals surface area (Å²) in [5.41, 5.74) is 1.22. The first-order valence-electron chi connectivity index (χ1n) is 5.71. The Kier molecular flexibility index (Phi) is 4.10. The van der Waals surface area contributed by atoms with Gasteiger partial charge in [0.05, 0.1) is 23.1 Å². The third kappa shape index (κ3) is 3.17. The third-order valence-electron chi connectivity index (χ3n) is 2.53. The Morgan fingerprint density at radius 2 is 1.85 bits per heavy atom. The van der Waals surface area contributed by atoms with Gasteiger partial charge in [0.15, 0.2) is 0 Å². The van der Waals surface area contributed by atoms with Gasteiger partial charge in [-0.05, 0) is 24.6 Å². The maximum Gasteiger partial charge on any atom is 0.265 e. The number of sulfonamides is 1. The molecule has 2 N–H and O–H groups in total. The van der Waals surface area contributed by atoms with Crippen molar-refractivity contribution < 1.29 is 8.42 Å². The van der Waals surface area contributed by atoms with Gasteiger partial charge in [-0.15, -0.1) is 0 Å². The molecule has 0 bridgehead atoms. The molecule has 1 heterocycles. The molecular formula is C12H13ClN4O2S. The van der Waals surface area contributed by atoms with Crippen LogP contribution in [0.1, 0.15) is 5.56 Å². The number of aromatic nitrogens is 2. The molecule has 0 fully saturated rings. The van der Waals surface area contributed by atoms with Gasteiger partial charge in [0.1, 0.15) is 4.90 Å². The Labute approximate surface area is 122 Å². The Hall–Kier alpha value is -1.86. The number of aryl methyl sites for hydroxylation is 1. The van der Waals surface area contributed by atoms with Crippen LogP contribution in [0.4, 0.5) is 11.6 Å². The number of halogens is 1. The van der Waals surface area contributed by atoms with E-state index in [0.717, 1.165) is 5.56 Å². The fourth-order valence-electron chi connectivity index (χ4n) is 1.51. The first-order chi connectivity index (χ1) is 9.42. The topological polar surface area (TPSA) is 84.0 Å². The molecule has 2 rings (SSSR count). The minimum absolute atomic E-state index is 0.0333. The molecule has 106 valence electrons. The van der Waals surface area contributed by atoms with E-state index in [-0.39, 0.29) is 4.90 Å². The lowest BCUT2D eigenvalue weighted by Crippen LogP contribution is -2.14. The summed E-state index contributed by atoms with van der Waals surface area (Å²) in [5, 5.41) is 3.04. The zero-order chi connectivity index (χ0) is 14.8. The highest BCUT2D eigenvalue weighted by Crippen LogP contribution is 2.25. The SMILES string of the molecule is CNc1ncc(S(=O)(=O)Nc2cc(C)ccc2Cl)cn1. The summed E-state index contributed by atoms with van der Waals surface area (Å²) in [6, 6.07) is 5.09. The van der Waals surface area contributed by atoms with Gasteiger partial charge in [-0.3, -0.25) is 4.72 Å². The van der Waals surface area contributed by atoms with Crippen molar-refractivity contribution in [1.29, 1.82) is 0 Å². The van der Waals surface area contributed by atoms with Crippen LogP contribution in [0.15, 0.2) is 35.5 Å². The normalized spacial score (nSPS) is 11.2. The molecule has 0 atom stereocenters. The summed E-state index contributed by atoms with van der Waals surface area (Å²) in [6.07, 6.45) is 2.45. The van der Waals surface area contributed by atoms with E-state index in [1.165, 1.54) is 12.4 Å². The van der Waals surface area contributed by atoms with Crippen molar-refractivity contribution in [3.63, 3.8) is 0 Å². The monoisotopic (exact) mass is 312 g/mol. The number of hydrogen-bond donors (Lipinski definition) is 2. The first-order valence-corrected chi connectivity index (χ1v) is 7.57. The van der Waals surface area contributed by atoms with Crippen molar-refractivity contribution in [1.82, 2.24) is 9.97 Å². The summed E-state index contributed by atoms with van der Waals surface area (Å²) in [6.45, 7) is 1.85. The molecule has 1 aromatic carbocycles. The number of anilines is 2. The minimum atomic E-state index is -3.76. The molecule has 2 aromatic rings. The van der Waals surface area contributed by atoms with Crippen LogP contribution in [0, 0.1) is 6.92 Å². The van der Waals surface area contributed by atoms with E-state index in [0.29, 0.717) is 16.7 Å². The van der Waals surface area contributed by atoms with Gasteiger partial charge in [-0.1, -0.05) is 17.7 Å². The number of hydrogen-bond acceptors (Lipinski definition) is 5. The molecule has 0 saturated heterocycles. The van der Waals surface area contributed by atoms with Gasteiger partial charge >= 0.3 is 0 Å². The molecule has 0 aliphatic carbocycles. The van der Waals surface area contributed by atoms with Crippen LogP contribution < -0.4 is 10.0 Å². The van der Waals surface area contributed by atoms with Gasteiger partial charge in [0.25, 0.3) is 10.0 Å². The van der Waals surface area contributed by atoms with E-state index in [1.807, 2.05) is 6.92 Å². The molecule has 0 spiro atoms. The molecule has 0 unspecified atom stereocenters. The molecule has 6 nitrogen and oxygen atoms in total.